The van der Waals surface area contributed by atoms with Gasteiger partial charge in [0.15, 0.2) is 0 Å². The van der Waals surface area contributed by atoms with Crippen molar-refractivity contribution in [2.24, 2.45) is 5.92 Å². The van der Waals surface area contributed by atoms with Gasteiger partial charge in [0.1, 0.15) is 0 Å². The predicted molar refractivity (Wildman–Crippen MR) is 71.3 cm³/mol. The molecule has 17 heavy (non-hydrogen) atoms. The van der Waals surface area contributed by atoms with Crippen molar-refractivity contribution >= 4 is 11.4 Å². The summed E-state index contributed by atoms with van der Waals surface area (Å²) in [6.45, 7) is 3.36. The second-order valence-electron chi connectivity index (χ2n) is 5.53. The second kappa shape index (κ2) is 4.21. The van der Waals surface area contributed by atoms with Crippen molar-refractivity contribution in [3.63, 3.8) is 0 Å². The summed E-state index contributed by atoms with van der Waals surface area (Å²) in [4.78, 5) is 4.15. The van der Waals surface area contributed by atoms with Crippen LogP contribution in [0.3, 0.4) is 0 Å². The number of nitrogens with zero attached hydrogens (tertiary/aromatic N) is 1. The number of anilines is 2. The van der Waals surface area contributed by atoms with Gasteiger partial charge in [-0.25, -0.2) is 0 Å². The molecule has 3 rings (SSSR count). The van der Waals surface area contributed by atoms with Crippen molar-refractivity contribution in [1.29, 1.82) is 0 Å². The van der Waals surface area contributed by atoms with E-state index in [1.165, 1.54) is 37.8 Å². The van der Waals surface area contributed by atoms with E-state index in [2.05, 4.69) is 28.6 Å². The lowest BCUT2D eigenvalue weighted by atomic mass is 9.74. The van der Waals surface area contributed by atoms with Crippen LogP contribution in [0, 0.1) is 5.92 Å². The lowest BCUT2D eigenvalue weighted by Gasteiger charge is -2.45. The van der Waals surface area contributed by atoms with Crippen LogP contribution in [0.15, 0.2) is 18.5 Å². The quantitative estimate of drug-likeness (QED) is 0.779. The van der Waals surface area contributed by atoms with Crippen molar-refractivity contribution in [2.45, 2.75) is 44.6 Å². The van der Waals surface area contributed by atoms with Crippen molar-refractivity contribution in [2.75, 3.05) is 17.2 Å². The normalized spacial score (nSPS) is 31.5. The Morgan fingerprint density at radius 1 is 1.35 bits per heavy atom. The molecule has 0 radical (unpaired) electrons. The van der Waals surface area contributed by atoms with Crippen molar-refractivity contribution in [3.05, 3.63) is 18.5 Å². The molecule has 2 aliphatic rings. The lowest BCUT2D eigenvalue weighted by Crippen LogP contribution is -2.50. The molecule has 2 N–H and O–H groups in total. The molecule has 3 heteroatoms. The van der Waals surface area contributed by atoms with Crippen LogP contribution < -0.4 is 10.6 Å². The summed E-state index contributed by atoms with van der Waals surface area (Å²) in [6.07, 6.45) is 10.4. The maximum absolute atomic E-state index is 4.15. The van der Waals surface area contributed by atoms with Crippen LogP contribution >= 0.6 is 0 Å². The first-order chi connectivity index (χ1) is 8.31. The standard InChI is InChI=1S/C14H21N3/c1-2-11-3-6-14(7-4-11)10-16-13-9-15-8-5-12(13)17-14/h5,8-9,11,16-17H,2-4,6-7,10H2,1H3. The largest absolute Gasteiger partial charge is 0.380 e. The molecule has 1 aromatic rings. The Bertz CT molecular complexity index is 394. The number of fused-ring (bicyclic) bond motifs is 1. The lowest BCUT2D eigenvalue weighted by molar-refractivity contribution is 0.255. The van der Waals surface area contributed by atoms with E-state index in [0.717, 1.165) is 18.2 Å². The molecule has 0 aromatic carbocycles. The molecule has 2 heterocycles. The Balaban J connectivity index is 1.75. The van der Waals surface area contributed by atoms with Crippen LogP contribution in [0.1, 0.15) is 39.0 Å². The Labute approximate surface area is 103 Å². The van der Waals surface area contributed by atoms with Gasteiger partial charge in [0.2, 0.25) is 0 Å². The summed E-state index contributed by atoms with van der Waals surface area (Å²) in [5.41, 5.74) is 2.66. The first-order valence-electron chi connectivity index (χ1n) is 6.77. The topological polar surface area (TPSA) is 37.0 Å². The summed E-state index contributed by atoms with van der Waals surface area (Å²) < 4.78 is 0. The number of hydrogen-bond acceptors (Lipinski definition) is 3. The average Bonchev–Trinajstić information content (AvgIpc) is 2.40. The zero-order valence-electron chi connectivity index (χ0n) is 10.5. The summed E-state index contributed by atoms with van der Waals surface area (Å²) >= 11 is 0. The van der Waals surface area contributed by atoms with Gasteiger partial charge in [-0.3, -0.25) is 4.98 Å². The zero-order chi connectivity index (χ0) is 11.7. The van der Waals surface area contributed by atoms with Crippen molar-refractivity contribution < 1.29 is 0 Å². The molecular weight excluding hydrogens is 210 g/mol. The van der Waals surface area contributed by atoms with Crippen LogP contribution in [0.5, 0.6) is 0 Å². The Kier molecular flexibility index (Phi) is 2.69. The minimum absolute atomic E-state index is 0.292. The Morgan fingerprint density at radius 3 is 2.94 bits per heavy atom. The fourth-order valence-corrected chi connectivity index (χ4v) is 3.18. The van der Waals surface area contributed by atoms with Gasteiger partial charge in [-0.2, -0.15) is 0 Å². The second-order valence-corrected chi connectivity index (χ2v) is 5.53. The summed E-state index contributed by atoms with van der Waals surface area (Å²) in [5.74, 6) is 0.946. The van der Waals surface area contributed by atoms with Gasteiger partial charge in [0.25, 0.3) is 0 Å². The van der Waals surface area contributed by atoms with Gasteiger partial charge < -0.3 is 10.6 Å². The van der Waals surface area contributed by atoms with Crippen molar-refractivity contribution in [3.8, 4) is 0 Å². The fraction of sp³-hybridized carbons (Fsp3) is 0.643. The molecule has 1 aliphatic heterocycles. The Morgan fingerprint density at radius 2 is 2.18 bits per heavy atom. The minimum atomic E-state index is 0.292. The molecule has 1 fully saturated rings. The summed E-state index contributed by atoms with van der Waals surface area (Å²) in [5, 5.41) is 7.29. The first-order valence-corrected chi connectivity index (χ1v) is 6.77. The van der Waals surface area contributed by atoms with Crippen LogP contribution in [0.25, 0.3) is 0 Å². The maximum Gasteiger partial charge on any atom is 0.0763 e. The highest BCUT2D eigenvalue weighted by molar-refractivity contribution is 5.70. The summed E-state index contributed by atoms with van der Waals surface area (Å²) in [6, 6.07) is 2.08. The molecule has 1 spiro atoms. The molecule has 1 aliphatic carbocycles. The first kappa shape index (κ1) is 10.9. The molecule has 92 valence electrons. The molecule has 0 bridgehead atoms. The molecule has 1 saturated carbocycles. The van der Waals surface area contributed by atoms with Crippen molar-refractivity contribution in [1.82, 2.24) is 4.98 Å². The maximum atomic E-state index is 4.15. The molecule has 0 atom stereocenters. The van der Waals surface area contributed by atoms with Gasteiger partial charge in [-0.1, -0.05) is 13.3 Å². The third kappa shape index (κ3) is 1.99. The van der Waals surface area contributed by atoms with Gasteiger partial charge in [0.05, 0.1) is 23.1 Å². The third-order valence-electron chi connectivity index (χ3n) is 4.48. The average molecular weight is 231 g/mol. The van der Waals surface area contributed by atoms with E-state index in [1.807, 2.05) is 12.4 Å². The van der Waals surface area contributed by atoms with E-state index >= 15 is 0 Å². The third-order valence-corrected chi connectivity index (χ3v) is 4.48. The zero-order valence-corrected chi connectivity index (χ0v) is 10.5. The highest BCUT2D eigenvalue weighted by atomic mass is 15.1. The number of rotatable bonds is 1. The minimum Gasteiger partial charge on any atom is -0.380 e. The SMILES string of the molecule is CCC1CCC2(CC1)CNc1cnccc1N2. The van der Waals surface area contributed by atoms with Crippen LogP contribution in [-0.2, 0) is 0 Å². The number of pyridine rings is 1. The highest BCUT2D eigenvalue weighted by Crippen LogP contribution is 2.40. The predicted octanol–water partition coefficient (Wildman–Crippen LogP) is 3.26. The number of aromatic nitrogens is 1. The molecule has 0 saturated heterocycles. The van der Waals surface area contributed by atoms with E-state index in [0.29, 0.717) is 5.54 Å². The Hall–Kier alpha value is -1.25. The monoisotopic (exact) mass is 231 g/mol. The van der Waals surface area contributed by atoms with Crippen LogP contribution in [0.4, 0.5) is 11.4 Å². The van der Waals surface area contributed by atoms with Crippen LogP contribution in [0.2, 0.25) is 0 Å². The highest BCUT2D eigenvalue weighted by Gasteiger charge is 2.37. The van der Waals surface area contributed by atoms with E-state index in [-0.39, 0.29) is 0 Å². The number of nitrogens with one attached hydrogen (secondary N) is 2. The van der Waals surface area contributed by atoms with E-state index < -0.39 is 0 Å². The molecule has 3 nitrogen and oxygen atoms in total. The summed E-state index contributed by atoms with van der Waals surface area (Å²) in [7, 11) is 0. The van der Waals surface area contributed by atoms with Gasteiger partial charge in [-0.05, 0) is 37.7 Å². The number of hydrogen-bond donors (Lipinski definition) is 2. The van der Waals surface area contributed by atoms with E-state index in [1.54, 1.807) is 0 Å². The van der Waals surface area contributed by atoms with Crippen LogP contribution in [-0.4, -0.2) is 17.1 Å². The van der Waals surface area contributed by atoms with Gasteiger partial charge >= 0.3 is 0 Å². The van der Waals surface area contributed by atoms with Gasteiger partial charge in [0, 0.05) is 12.7 Å². The smallest absolute Gasteiger partial charge is 0.0763 e. The molecule has 0 amide bonds. The van der Waals surface area contributed by atoms with E-state index in [9.17, 15) is 0 Å². The molecule has 1 aromatic heterocycles. The van der Waals surface area contributed by atoms with E-state index in [4.69, 9.17) is 0 Å². The molecular formula is C14H21N3. The molecule has 0 unspecified atom stereocenters. The van der Waals surface area contributed by atoms with Gasteiger partial charge in [-0.15, -0.1) is 0 Å². The fourth-order valence-electron chi connectivity index (χ4n) is 3.18.